The van der Waals surface area contributed by atoms with Crippen LogP contribution in [0.2, 0.25) is 0 Å². The molecule has 0 heterocycles. The molecule has 1 aromatic rings. The molecular weight excluding hydrogens is 248 g/mol. The summed E-state index contributed by atoms with van der Waals surface area (Å²) in [4.78, 5) is 12.3. The fourth-order valence-electron chi connectivity index (χ4n) is 1.67. The van der Waals surface area contributed by atoms with Crippen LogP contribution in [0, 0.1) is 10.1 Å². The molecule has 1 aromatic carbocycles. The van der Waals surface area contributed by atoms with Crippen LogP contribution in [-0.2, 0) is 0 Å². The van der Waals surface area contributed by atoms with E-state index in [2.05, 4.69) is 4.90 Å². The number of benzene rings is 1. The Morgan fingerprint density at radius 1 is 1.47 bits per heavy atom. The number of hydrogen-bond donors (Lipinski definition) is 1. The fraction of sp³-hybridized carbons (Fsp3) is 0.538. The van der Waals surface area contributed by atoms with Crippen LogP contribution >= 0.6 is 0 Å². The molecule has 1 N–H and O–H groups in total. The number of hydrogen-bond acceptors (Lipinski definition) is 5. The van der Waals surface area contributed by atoms with Crippen molar-refractivity contribution in [1.29, 1.82) is 0 Å². The summed E-state index contributed by atoms with van der Waals surface area (Å²) in [5.41, 5.74) is 0.399. The Bertz CT molecular complexity index is 433. The maximum atomic E-state index is 10.7. The number of nitrogens with zero attached hydrogens (tertiary/aromatic N) is 2. The highest BCUT2D eigenvalue weighted by Crippen LogP contribution is 2.29. The number of nitro benzene ring substituents is 1. The van der Waals surface area contributed by atoms with Crippen LogP contribution in [0.1, 0.15) is 25.0 Å². The maximum Gasteiger partial charge on any atom is 0.270 e. The van der Waals surface area contributed by atoms with Gasteiger partial charge in [0.05, 0.1) is 17.6 Å². The standard InChI is InChI=1S/C13H20N2O4/c1-10(16)12-9-11(15(17)18)5-6-13(12)19-8-4-7-14(2)3/h5-6,9-10,16H,4,7-8H2,1-3H3/t10-/m0/s1. The molecule has 0 unspecified atom stereocenters. The maximum absolute atomic E-state index is 10.7. The van der Waals surface area contributed by atoms with Gasteiger partial charge >= 0.3 is 0 Å². The van der Waals surface area contributed by atoms with Crippen LogP contribution in [-0.4, -0.2) is 42.2 Å². The lowest BCUT2D eigenvalue weighted by atomic mass is 10.1. The second kappa shape index (κ2) is 7.06. The summed E-state index contributed by atoms with van der Waals surface area (Å²) in [6.45, 7) is 2.97. The van der Waals surface area contributed by atoms with E-state index in [9.17, 15) is 15.2 Å². The van der Waals surface area contributed by atoms with E-state index in [0.29, 0.717) is 17.9 Å². The first-order valence-corrected chi connectivity index (χ1v) is 6.15. The number of ether oxygens (including phenoxy) is 1. The first-order valence-electron chi connectivity index (χ1n) is 6.15. The molecule has 1 atom stereocenters. The molecule has 0 fully saturated rings. The number of aliphatic hydroxyl groups is 1. The van der Waals surface area contributed by atoms with Gasteiger partial charge in [-0.25, -0.2) is 0 Å². The Morgan fingerprint density at radius 2 is 2.16 bits per heavy atom. The van der Waals surface area contributed by atoms with E-state index in [-0.39, 0.29) is 5.69 Å². The summed E-state index contributed by atoms with van der Waals surface area (Å²) in [7, 11) is 3.96. The van der Waals surface area contributed by atoms with Gasteiger partial charge in [-0.1, -0.05) is 0 Å². The molecule has 0 aliphatic carbocycles. The number of nitro groups is 1. The van der Waals surface area contributed by atoms with E-state index in [1.807, 2.05) is 14.1 Å². The molecule has 0 aromatic heterocycles. The zero-order valence-corrected chi connectivity index (χ0v) is 11.5. The molecule has 0 radical (unpaired) electrons. The average molecular weight is 268 g/mol. The van der Waals surface area contributed by atoms with E-state index in [1.165, 1.54) is 18.2 Å². The summed E-state index contributed by atoms with van der Waals surface area (Å²) in [5, 5.41) is 20.3. The van der Waals surface area contributed by atoms with Crippen molar-refractivity contribution in [3.05, 3.63) is 33.9 Å². The average Bonchev–Trinajstić information content (AvgIpc) is 2.34. The smallest absolute Gasteiger partial charge is 0.270 e. The highest BCUT2D eigenvalue weighted by Gasteiger charge is 2.15. The van der Waals surface area contributed by atoms with Crippen LogP contribution in [0.25, 0.3) is 0 Å². The summed E-state index contributed by atoms with van der Waals surface area (Å²) in [6, 6.07) is 4.27. The first kappa shape index (κ1) is 15.4. The summed E-state index contributed by atoms with van der Waals surface area (Å²) < 4.78 is 5.57. The second-order valence-corrected chi connectivity index (χ2v) is 4.66. The molecule has 106 valence electrons. The van der Waals surface area contributed by atoms with Gasteiger partial charge < -0.3 is 14.7 Å². The van der Waals surface area contributed by atoms with Gasteiger partial charge in [-0.05, 0) is 33.5 Å². The number of rotatable bonds is 7. The van der Waals surface area contributed by atoms with E-state index < -0.39 is 11.0 Å². The van der Waals surface area contributed by atoms with Gasteiger partial charge in [0, 0.05) is 24.2 Å². The fourth-order valence-corrected chi connectivity index (χ4v) is 1.67. The second-order valence-electron chi connectivity index (χ2n) is 4.66. The number of non-ortho nitro benzene ring substituents is 1. The van der Waals surface area contributed by atoms with Gasteiger partial charge in [-0.15, -0.1) is 0 Å². The molecule has 0 aliphatic heterocycles. The molecule has 6 nitrogen and oxygen atoms in total. The van der Waals surface area contributed by atoms with Crippen LogP contribution in [0.5, 0.6) is 5.75 Å². The zero-order valence-electron chi connectivity index (χ0n) is 11.5. The molecule has 0 saturated heterocycles. The molecule has 0 spiro atoms. The Hall–Kier alpha value is -1.66. The largest absolute Gasteiger partial charge is 0.493 e. The molecule has 1 rings (SSSR count). The van der Waals surface area contributed by atoms with Gasteiger partial charge in [0.2, 0.25) is 0 Å². The minimum Gasteiger partial charge on any atom is -0.493 e. The van der Waals surface area contributed by atoms with Crippen LogP contribution in [0.3, 0.4) is 0 Å². The van der Waals surface area contributed by atoms with Crippen molar-refractivity contribution < 1.29 is 14.8 Å². The van der Waals surface area contributed by atoms with E-state index in [4.69, 9.17) is 4.74 Å². The quantitative estimate of drug-likeness (QED) is 0.465. The Morgan fingerprint density at radius 3 is 2.68 bits per heavy atom. The SMILES string of the molecule is C[C@H](O)c1cc([N+](=O)[O-])ccc1OCCCN(C)C. The van der Waals surface area contributed by atoms with Crippen LogP contribution in [0.4, 0.5) is 5.69 Å². The third kappa shape index (κ3) is 4.84. The predicted octanol–water partition coefficient (Wildman–Crippen LogP) is 1.98. The highest BCUT2D eigenvalue weighted by molar-refractivity contribution is 5.44. The Labute approximate surface area is 112 Å². The molecule has 0 saturated carbocycles. The minimum atomic E-state index is -0.802. The Kier molecular flexibility index (Phi) is 5.72. The van der Waals surface area contributed by atoms with Gasteiger partial charge in [0.15, 0.2) is 0 Å². The van der Waals surface area contributed by atoms with Crippen molar-refractivity contribution in [3.63, 3.8) is 0 Å². The number of aliphatic hydroxyl groups excluding tert-OH is 1. The Balaban J connectivity index is 2.74. The minimum absolute atomic E-state index is 0.0449. The summed E-state index contributed by atoms with van der Waals surface area (Å²) in [6.07, 6.45) is 0.0483. The van der Waals surface area contributed by atoms with Crippen molar-refractivity contribution in [2.45, 2.75) is 19.4 Å². The topological polar surface area (TPSA) is 75.8 Å². The lowest BCUT2D eigenvalue weighted by molar-refractivity contribution is -0.385. The third-order valence-electron chi connectivity index (χ3n) is 2.66. The third-order valence-corrected chi connectivity index (χ3v) is 2.66. The van der Waals surface area contributed by atoms with Crippen LogP contribution < -0.4 is 4.74 Å². The lowest BCUT2D eigenvalue weighted by Gasteiger charge is -2.14. The van der Waals surface area contributed by atoms with Gasteiger partial charge in [0.1, 0.15) is 5.75 Å². The monoisotopic (exact) mass is 268 g/mol. The van der Waals surface area contributed by atoms with Crippen molar-refractivity contribution in [3.8, 4) is 5.75 Å². The van der Waals surface area contributed by atoms with Gasteiger partial charge in [-0.3, -0.25) is 10.1 Å². The normalized spacial score (nSPS) is 12.5. The van der Waals surface area contributed by atoms with Gasteiger partial charge in [-0.2, -0.15) is 0 Å². The van der Waals surface area contributed by atoms with E-state index in [0.717, 1.165) is 13.0 Å². The molecule has 19 heavy (non-hydrogen) atoms. The van der Waals surface area contributed by atoms with Crippen molar-refractivity contribution in [2.75, 3.05) is 27.2 Å². The first-order chi connectivity index (χ1) is 8.91. The van der Waals surface area contributed by atoms with Crippen molar-refractivity contribution in [1.82, 2.24) is 4.90 Å². The molecule has 0 amide bonds. The zero-order chi connectivity index (χ0) is 14.4. The predicted molar refractivity (Wildman–Crippen MR) is 72.4 cm³/mol. The van der Waals surface area contributed by atoms with Gasteiger partial charge in [0.25, 0.3) is 5.69 Å². The molecule has 0 bridgehead atoms. The van der Waals surface area contributed by atoms with Crippen molar-refractivity contribution >= 4 is 5.69 Å². The summed E-state index contributed by atoms with van der Waals surface area (Å²) in [5.74, 6) is 0.499. The molecule has 6 heteroatoms. The lowest BCUT2D eigenvalue weighted by Crippen LogP contribution is -2.15. The van der Waals surface area contributed by atoms with Crippen LogP contribution in [0.15, 0.2) is 18.2 Å². The molecule has 0 aliphatic rings. The molecular formula is C13H20N2O4. The highest BCUT2D eigenvalue weighted by atomic mass is 16.6. The van der Waals surface area contributed by atoms with E-state index in [1.54, 1.807) is 6.92 Å². The van der Waals surface area contributed by atoms with E-state index >= 15 is 0 Å². The summed E-state index contributed by atoms with van der Waals surface area (Å²) >= 11 is 0. The van der Waals surface area contributed by atoms with Crippen molar-refractivity contribution in [2.24, 2.45) is 0 Å².